The Bertz CT molecular complexity index is 809. The normalized spacial score (nSPS) is 10.2. The molecule has 0 aliphatic carbocycles. The molecule has 3 aromatic rings. The summed E-state index contributed by atoms with van der Waals surface area (Å²) >= 11 is 0. The molecule has 0 aliphatic rings. The molecule has 0 aliphatic heterocycles. The number of fused-ring (bicyclic) bond motifs is 1. The van der Waals surface area contributed by atoms with Gasteiger partial charge in [-0.3, -0.25) is 4.57 Å². The van der Waals surface area contributed by atoms with Gasteiger partial charge in [-0.05, 0) is 23.9 Å². The standard InChI is InChI=1S/C18H15N2.Y/c1-4-14-12-20(3)18(15-9-6-5-8-13(15)2)16-10-7-11-19-17(14)16;/h1,4-11H,2-3H3;/q-1;. The molecule has 0 bridgehead atoms. The van der Waals surface area contributed by atoms with E-state index in [4.69, 9.17) is 6.58 Å². The molecule has 0 spiro atoms. The predicted octanol–water partition coefficient (Wildman–Crippen LogP) is 3.28. The first-order valence-corrected chi connectivity index (χ1v) is 6.53. The molecule has 0 saturated heterocycles. The molecule has 0 atom stereocenters. The van der Waals surface area contributed by atoms with Crippen molar-refractivity contribution in [1.29, 1.82) is 0 Å². The van der Waals surface area contributed by atoms with E-state index in [-0.39, 0.29) is 32.7 Å². The molecule has 101 valence electrons. The molecule has 1 aromatic carbocycles. The monoisotopic (exact) mass is 348 g/mol. The molecule has 0 fully saturated rings. The quantitative estimate of drug-likeness (QED) is 0.513. The van der Waals surface area contributed by atoms with E-state index < -0.39 is 0 Å². The summed E-state index contributed by atoms with van der Waals surface area (Å²) in [4.78, 5) is 4.45. The van der Waals surface area contributed by atoms with Gasteiger partial charge >= 0.3 is 0 Å². The van der Waals surface area contributed by atoms with Gasteiger partial charge in [-0.2, -0.15) is 0 Å². The smallest absolute Gasteiger partial charge is 0.140 e. The maximum Gasteiger partial charge on any atom is 0.140 e. The molecule has 2 aromatic heterocycles. The van der Waals surface area contributed by atoms with E-state index in [1.807, 2.05) is 29.8 Å². The van der Waals surface area contributed by atoms with Gasteiger partial charge in [0.05, 0.1) is 6.20 Å². The van der Waals surface area contributed by atoms with Gasteiger partial charge in [0.1, 0.15) is 12.7 Å². The van der Waals surface area contributed by atoms with Crippen LogP contribution in [0.25, 0.3) is 28.2 Å². The molecule has 0 saturated carbocycles. The fourth-order valence-corrected chi connectivity index (χ4v) is 2.56. The van der Waals surface area contributed by atoms with Crippen LogP contribution in [0.2, 0.25) is 0 Å². The van der Waals surface area contributed by atoms with Crippen molar-refractivity contribution in [3.05, 3.63) is 66.5 Å². The molecule has 21 heavy (non-hydrogen) atoms. The fraction of sp³-hybridized carbons (Fsp3) is 0.111. The van der Waals surface area contributed by atoms with Crippen LogP contribution >= 0.6 is 0 Å². The first kappa shape index (κ1) is 16.0. The van der Waals surface area contributed by atoms with Crippen LogP contribution in [-0.2, 0) is 39.8 Å². The van der Waals surface area contributed by atoms with E-state index >= 15 is 0 Å². The Morgan fingerprint density at radius 3 is 2.67 bits per heavy atom. The number of pyridine rings is 2. The minimum atomic E-state index is 0. The largest absolute Gasteiger partial charge is 0.344 e. The summed E-state index contributed by atoms with van der Waals surface area (Å²) in [5.41, 5.74) is 5.22. The first-order valence-electron chi connectivity index (χ1n) is 6.53. The molecule has 1 radical (unpaired) electrons. The average molecular weight is 348 g/mol. The predicted molar refractivity (Wildman–Crippen MR) is 80.7 cm³/mol. The third-order valence-corrected chi connectivity index (χ3v) is 3.51. The van der Waals surface area contributed by atoms with Crippen molar-refractivity contribution >= 4 is 17.0 Å². The van der Waals surface area contributed by atoms with Crippen molar-refractivity contribution in [3.8, 4) is 11.3 Å². The average Bonchev–Trinajstić information content (AvgIpc) is 2.48. The second kappa shape index (κ2) is 6.59. The van der Waals surface area contributed by atoms with Crippen molar-refractivity contribution < 1.29 is 37.3 Å². The Kier molecular flexibility index (Phi) is 5.02. The van der Waals surface area contributed by atoms with Gasteiger partial charge in [0, 0.05) is 44.5 Å². The van der Waals surface area contributed by atoms with Crippen LogP contribution in [0.3, 0.4) is 0 Å². The van der Waals surface area contributed by atoms with Crippen molar-refractivity contribution in [2.75, 3.05) is 0 Å². The van der Waals surface area contributed by atoms with Crippen LogP contribution < -0.4 is 4.57 Å². The van der Waals surface area contributed by atoms with E-state index in [0.29, 0.717) is 0 Å². The van der Waals surface area contributed by atoms with E-state index in [9.17, 15) is 0 Å². The minimum Gasteiger partial charge on any atom is -0.344 e. The van der Waals surface area contributed by atoms with Crippen LogP contribution in [0.1, 0.15) is 11.1 Å². The topological polar surface area (TPSA) is 16.8 Å². The Hall–Kier alpha value is -1.38. The number of hydrogen-bond donors (Lipinski definition) is 0. The molecule has 3 rings (SSSR count). The molecule has 3 heteroatoms. The molecule has 0 amide bonds. The van der Waals surface area contributed by atoms with Gasteiger partial charge in [-0.1, -0.05) is 35.8 Å². The van der Waals surface area contributed by atoms with Crippen LogP contribution in [0, 0.1) is 19.7 Å². The first-order chi connectivity index (χ1) is 9.72. The van der Waals surface area contributed by atoms with E-state index in [1.165, 1.54) is 11.1 Å². The van der Waals surface area contributed by atoms with Crippen molar-refractivity contribution in [3.63, 3.8) is 0 Å². The summed E-state index contributed by atoms with van der Waals surface area (Å²) in [6.07, 6.45) is 6.60. The second-order valence-corrected chi connectivity index (χ2v) is 4.81. The summed E-state index contributed by atoms with van der Waals surface area (Å²) in [5.74, 6) is 0. The maximum absolute atomic E-state index is 5.69. The minimum absolute atomic E-state index is 0. The zero-order valence-corrected chi connectivity index (χ0v) is 15.0. The molecular weight excluding hydrogens is 333 g/mol. The van der Waals surface area contributed by atoms with Gasteiger partial charge in [-0.15, -0.1) is 0 Å². The number of aromatic nitrogens is 2. The van der Waals surface area contributed by atoms with Gasteiger partial charge < -0.3 is 17.6 Å². The third-order valence-electron chi connectivity index (χ3n) is 3.51. The van der Waals surface area contributed by atoms with Crippen LogP contribution in [0.4, 0.5) is 0 Å². The van der Waals surface area contributed by atoms with Crippen LogP contribution in [0.15, 0.2) is 42.6 Å². The Balaban J connectivity index is 0.00000161. The second-order valence-electron chi connectivity index (χ2n) is 4.81. The fourth-order valence-electron chi connectivity index (χ4n) is 2.56. The Labute approximate surface area is 150 Å². The summed E-state index contributed by atoms with van der Waals surface area (Å²) in [6, 6.07) is 12.4. The molecule has 0 N–H and O–H groups in total. The number of aryl methyl sites for hydroxylation is 2. The van der Waals surface area contributed by atoms with Crippen molar-refractivity contribution in [2.45, 2.75) is 6.92 Å². The maximum atomic E-state index is 5.69. The van der Waals surface area contributed by atoms with Gasteiger partial charge in [0.2, 0.25) is 0 Å². The van der Waals surface area contributed by atoms with Crippen molar-refractivity contribution in [1.82, 2.24) is 4.98 Å². The molecule has 2 heterocycles. The summed E-state index contributed by atoms with van der Waals surface area (Å²) in [5, 5.41) is 1.08. The third kappa shape index (κ3) is 2.83. The SMILES string of the molecule is [CH-]=Cc1[c-][n+](C)c(-c2ccccc2C)c2cccnc12.[Y]. The van der Waals surface area contributed by atoms with Gasteiger partial charge in [-0.25, -0.2) is 5.56 Å². The Morgan fingerprint density at radius 1 is 1.19 bits per heavy atom. The van der Waals surface area contributed by atoms with E-state index in [1.54, 1.807) is 12.3 Å². The number of hydrogen-bond acceptors (Lipinski definition) is 1. The summed E-state index contributed by atoms with van der Waals surface area (Å²) in [6.45, 7) is 7.81. The molecule has 0 unspecified atom stereocenters. The van der Waals surface area contributed by atoms with E-state index in [0.717, 1.165) is 22.2 Å². The molecule has 2 nitrogen and oxygen atoms in total. The van der Waals surface area contributed by atoms with Gasteiger partial charge in [0.15, 0.2) is 0 Å². The van der Waals surface area contributed by atoms with Gasteiger partial charge in [0.25, 0.3) is 0 Å². The zero-order chi connectivity index (χ0) is 14.1. The van der Waals surface area contributed by atoms with Crippen LogP contribution in [0.5, 0.6) is 0 Å². The summed E-state index contributed by atoms with van der Waals surface area (Å²) < 4.78 is 1.99. The number of benzene rings is 1. The Morgan fingerprint density at radius 2 is 1.95 bits per heavy atom. The number of nitrogens with zero attached hydrogens (tertiary/aromatic N) is 2. The van der Waals surface area contributed by atoms with E-state index in [2.05, 4.69) is 36.3 Å². The zero-order valence-electron chi connectivity index (χ0n) is 12.2. The van der Waals surface area contributed by atoms with Crippen molar-refractivity contribution in [2.24, 2.45) is 7.05 Å². The van der Waals surface area contributed by atoms with Crippen LogP contribution in [-0.4, -0.2) is 4.98 Å². The summed E-state index contributed by atoms with van der Waals surface area (Å²) in [7, 11) is 1.99. The number of rotatable bonds is 2. The molecular formula is C18H15N2Y-.